The summed E-state index contributed by atoms with van der Waals surface area (Å²) < 4.78 is 27.0. The van der Waals surface area contributed by atoms with Gasteiger partial charge in [-0.15, -0.1) is 0 Å². The van der Waals surface area contributed by atoms with E-state index in [1.54, 1.807) is 25.3 Å². The van der Waals surface area contributed by atoms with Crippen molar-refractivity contribution < 1.29 is 8.78 Å². The molecule has 1 aliphatic rings. The smallest absolute Gasteiger partial charge is 0.143 e. The number of hydrogen-bond acceptors (Lipinski definition) is 3. The predicted molar refractivity (Wildman–Crippen MR) is 78.7 cm³/mol. The molecule has 1 aliphatic heterocycles. The van der Waals surface area contributed by atoms with Gasteiger partial charge in [-0.1, -0.05) is 0 Å². The van der Waals surface area contributed by atoms with Crippen LogP contribution < -0.4 is 10.2 Å². The Kier molecular flexibility index (Phi) is 3.84. The summed E-state index contributed by atoms with van der Waals surface area (Å²) in [7, 11) is 0. The average Bonchev–Trinajstić information content (AvgIpc) is 2.97. The highest BCUT2D eigenvalue weighted by Crippen LogP contribution is 2.31. The van der Waals surface area contributed by atoms with Gasteiger partial charge in [0.1, 0.15) is 11.6 Å². The molecule has 0 saturated carbocycles. The van der Waals surface area contributed by atoms with E-state index in [-0.39, 0.29) is 17.7 Å². The molecule has 0 aliphatic carbocycles. The van der Waals surface area contributed by atoms with E-state index < -0.39 is 0 Å². The summed E-state index contributed by atoms with van der Waals surface area (Å²) >= 11 is 0. The highest BCUT2D eigenvalue weighted by Gasteiger charge is 2.25. The molecule has 2 aromatic rings. The Bertz CT molecular complexity index is 639. The second-order valence-corrected chi connectivity index (χ2v) is 5.31. The summed E-state index contributed by atoms with van der Waals surface area (Å²) in [5.74, 6) is -0.608. The van der Waals surface area contributed by atoms with E-state index in [1.807, 2.05) is 4.90 Å². The minimum atomic E-state index is -0.373. The second kappa shape index (κ2) is 5.77. The first kappa shape index (κ1) is 13.9. The molecule has 1 aromatic carbocycles. The molecule has 1 saturated heterocycles. The van der Waals surface area contributed by atoms with Crippen LogP contribution in [0.25, 0.3) is 0 Å². The van der Waals surface area contributed by atoms with Crippen LogP contribution in [0.1, 0.15) is 12.0 Å². The number of benzene rings is 1. The SMILES string of the molecule is Cc1cc(N(c2cncc(F)c2)C2CCNC2)ccc1F. The van der Waals surface area contributed by atoms with Crippen molar-refractivity contribution >= 4 is 11.4 Å². The molecule has 3 rings (SSSR count). The molecule has 1 unspecified atom stereocenters. The molecule has 0 spiro atoms. The number of nitrogens with one attached hydrogen (secondary N) is 1. The first-order valence-corrected chi connectivity index (χ1v) is 7.02. The molecule has 2 heterocycles. The third-order valence-electron chi connectivity index (χ3n) is 3.79. The summed E-state index contributed by atoms with van der Waals surface area (Å²) in [6.45, 7) is 3.46. The van der Waals surface area contributed by atoms with Crippen molar-refractivity contribution in [1.29, 1.82) is 0 Å². The number of aromatic nitrogens is 1. The van der Waals surface area contributed by atoms with E-state index in [9.17, 15) is 8.78 Å². The lowest BCUT2D eigenvalue weighted by atomic mass is 10.1. The van der Waals surface area contributed by atoms with Gasteiger partial charge in [-0.3, -0.25) is 4.98 Å². The fourth-order valence-electron chi connectivity index (χ4n) is 2.74. The largest absolute Gasteiger partial charge is 0.336 e. The third-order valence-corrected chi connectivity index (χ3v) is 3.79. The van der Waals surface area contributed by atoms with Crippen LogP contribution in [0.15, 0.2) is 36.7 Å². The second-order valence-electron chi connectivity index (χ2n) is 5.31. The number of aryl methyl sites for hydroxylation is 1. The van der Waals surface area contributed by atoms with Gasteiger partial charge in [-0.25, -0.2) is 8.78 Å². The van der Waals surface area contributed by atoms with Gasteiger partial charge in [0.15, 0.2) is 0 Å². The molecule has 1 aromatic heterocycles. The Morgan fingerprint density at radius 1 is 1.19 bits per heavy atom. The fourth-order valence-corrected chi connectivity index (χ4v) is 2.74. The van der Waals surface area contributed by atoms with Gasteiger partial charge in [0, 0.05) is 24.3 Å². The summed E-state index contributed by atoms with van der Waals surface area (Å²) in [4.78, 5) is 5.96. The van der Waals surface area contributed by atoms with Crippen molar-refractivity contribution in [3.63, 3.8) is 0 Å². The van der Waals surface area contributed by atoms with Crippen molar-refractivity contribution in [2.24, 2.45) is 0 Å². The molecule has 1 atom stereocenters. The van der Waals surface area contributed by atoms with Crippen LogP contribution >= 0.6 is 0 Å². The van der Waals surface area contributed by atoms with Gasteiger partial charge in [0.2, 0.25) is 0 Å². The molecule has 0 amide bonds. The summed E-state index contributed by atoms with van der Waals surface area (Å²) in [6, 6.07) is 6.64. The normalized spacial score (nSPS) is 18.0. The van der Waals surface area contributed by atoms with E-state index in [0.717, 1.165) is 25.2 Å². The Morgan fingerprint density at radius 2 is 2.05 bits per heavy atom. The third kappa shape index (κ3) is 2.88. The number of anilines is 2. The van der Waals surface area contributed by atoms with Gasteiger partial charge in [0.25, 0.3) is 0 Å². The van der Waals surface area contributed by atoms with Gasteiger partial charge >= 0.3 is 0 Å². The maximum atomic E-state index is 13.5. The molecule has 0 bridgehead atoms. The van der Waals surface area contributed by atoms with Crippen LogP contribution in [0.4, 0.5) is 20.2 Å². The van der Waals surface area contributed by atoms with Gasteiger partial charge < -0.3 is 10.2 Å². The Labute approximate surface area is 122 Å². The maximum absolute atomic E-state index is 13.5. The first-order chi connectivity index (χ1) is 10.1. The predicted octanol–water partition coefficient (Wildman–Crippen LogP) is 3.17. The van der Waals surface area contributed by atoms with E-state index in [4.69, 9.17) is 0 Å². The number of nitrogens with zero attached hydrogens (tertiary/aromatic N) is 2. The van der Waals surface area contributed by atoms with E-state index >= 15 is 0 Å². The first-order valence-electron chi connectivity index (χ1n) is 7.02. The lowest BCUT2D eigenvalue weighted by Gasteiger charge is -2.31. The Morgan fingerprint density at radius 3 is 2.71 bits per heavy atom. The van der Waals surface area contributed by atoms with Crippen molar-refractivity contribution in [3.8, 4) is 0 Å². The van der Waals surface area contributed by atoms with Gasteiger partial charge in [-0.2, -0.15) is 0 Å². The van der Waals surface area contributed by atoms with Crippen LogP contribution in [0.5, 0.6) is 0 Å². The lowest BCUT2D eigenvalue weighted by molar-refractivity contribution is 0.615. The lowest BCUT2D eigenvalue weighted by Crippen LogP contribution is -2.33. The molecule has 1 N–H and O–H groups in total. The minimum absolute atomic E-state index is 0.207. The molecule has 21 heavy (non-hydrogen) atoms. The van der Waals surface area contributed by atoms with Crippen molar-refractivity contribution in [2.45, 2.75) is 19.4 Å². The molecule has 110 valence electrons. The topological polar surface area (TPSA) is 28.2 Å². The number of rotatable bonds is 3. The molecule has 1 fully saturated rings. The Balaban J connectivity index is 2.05. The summed E-state index contributed by atoms with van der Waals surface area (Å²) in [5, 5.41) is 3.30. The van der Waals surface area contributed by atoms with Crippen molar-refractivity contribution in [2.75, 3.05) is 18.0 Å². The highest BCUT2D eigenvalue weighted by molar-refractivity contribution is 5.64. The van der Waals surface area contributed by atoms with Crippen molar-refractivity contribution in [3.05, 3.63) is 53.9 Å². The van der Waals surface area contributed by atoms with Crippen LogP contribution in [0, 0.1) is 18.6 Å². The van der Waals surface area contributed by atoms with Gasteiger partial charge in [-0.05, 0) is 43.7 Å². The molecule has 5 heteroatoms. The highest BCUT2D eigenvalue weighted by atomic mass is 19.1. The maximum Gasteiger partial charge on any atom is 0.143 e. The zero-order chi connectivity index (χ0) is 14.8. The number of pyridine rings is 1. The quantitative estimate of drug-likeness (QED) is 0.940. The van der Waals surface area contributed by atoms with Crippen LogP contribution in [0.3, 0.4) is 0 Å². The minimum Gasteiger partial charge on any atom is -0.336 e. The molecular weight excluding hydrogens is 272 g/mol. The summed E-state index contributed by atoms with van der Waals surface area (Å²) in [5.41, 5.74) is 2.12. The van der Waals surface area contributed by atoms with E-state index in [2.05, 4.69) is 10.3 Å². The molecular formula is C16H17F2N3. The fraction of sp³-hybridized carbons (Fsp3) is 0.312. The van der Waals surface area contributed by atoms with Crippen LogP contribution in [-0.2, 0) is 0 Å². The number of halogens is 2. The Hall–Kier alpha value is -2.01. The standard InChI is InChI=1S/C16H17F2N3/c1-11-6-13(2-3-16(11)18)21(14-4-5-19-9-14)15-7-12(17)8-20-10-15/h2-3,6-8,10,14,19H,4-5,9H2,1H3. The number of hydrogen-bond donors (Lipinski definition) is 1. The monoisotopic (exact) mass is 289 g/mol. The van der Waals surface area contributed by atoms with Gasteiger partial charge in [0.05, 0.1) is 18.1 Å². The zero-order valence-corrected chi connectivity index (χ0v) is 11.8. The molecule has 0 radical (unpaired) electrons. The van der Waals surface area contributed by atoms with Crippen LogP contribution in [-0.4, -0.2) is 24.1 Å². The summed E-state index contributed by atoms with van der Waals surface area (Å²) in [6.07, 6.45) is 3.78. The zero-order valence-electron chi connectivity index (χ0n) is 11.8. The van der Waals surface area contributed by atoms with E-state index in [1.165, 1.54) is 18.3 Å². The molecule has 3 nitrogen and oxygen atoms in total. The van der Waals surface area contributed by atoms with Crippen molar-refractivity contribution in [1.82, 2.24) is 10.3 Å². The van der Waals surface area contributed by atoms with E-state index in [0.29, 0.717) is 11.3 Å². The van der Waals surface area contributed by atoms with Crippen LogP contribution in [0.2, 0.25) is 0 Å². The average molecular weight is 289 g/mol.